The smallest absolute Gasteiger partial charge is 0.269 e. The van der Waals surface area contributed by atoms with E-state index in [2.05, 4.69) is 5.10 Å². The molecule has 0 aromatic heterocycles. The molecule has 1 aromatic rings. The molecule has 1 aliphatic heterocycles. The van der Waals surface area contributed by atoms with Crippen molar-refractivity contribution < 1.29 is 9.72 Å². The van der Waals surface area contributed by atoms with E-state index in [1.165, 1.54) is 24.1 Å². The minimum atomic E-state index is -0.442. The standard InChI is InChI=1S/C12H13N3O3/c1-8-7-12(14(13-8)9(2)16)10-3-5-11(6-4-10)15(17)18/h3-6,12H,7H2,1-2H3. The maximum Gasteiger partial charge on any atom is 0.269 e. The Bertz CT molecular complexity index is 522. The Morgan fingerprint density at radius 2 is 2.06 bits per heavy atom. The van der Waals surface area contributed by atoms with Crippen LogP contribution in [0.1, 0.15) is 31.9 Å². The summed E-state index contributed by atoms with van der Waals surface area (Å²) in [5.41, 5.74) is 1.79. The largest absolute Gasteiger partial charge is 0.273 e. The van der Waals surface area contributed by atoms with Crippen LogP contribution in [0.2, 0.25) is 0 Å². The van der Waals surface area contributed by atoms with Crippen molar-refractivity contribution in [2.45, 2.75) is 26.3 Å². The van der Waals surface area contributed by atoms with Gasteiger partial charge in [-0.15, -0.1) is 0 Å². The monoisotopic (exact) mass is 247 g/mol. The predicted octanol–water partition coefficient (Wildman–Crippen LogP) is 2.26. The van der Waals surface area contributed by atoms with Crippen LogP contribution in [-0.2, 0) is 4.79 Å². The number of rotatable bonds is 2. The molecular formula is C12H13N3O3. The van der Waals surface area contributed by atoms with Crippen molar-refractivity contribution in [3.8, 4) is 0 Å². The lowest BCUT2D eigenvalue weighted by atomic mass is 10.0. The lowest BCUT2D eigenvalue weighted by Crippen LogP contribution is -2.24. The van der Waals surface area contributed by atoms with Crippen LogP contribution < -0.4 is 0 Å². The third-order valence-corrected chi connectivity index (χ3v) is 2.87. The normalized spacial score (nSPS) is 18.7. The van der Waals surface area contributed by atoms with Crippen molar-refractivity contribution >= 4 is 17.3 Å². The summed E-state index contributed by atoms with van der Waals surface area (Å²) in [6.07, 6.45) is 0.664. The first-order valence-electron chi connectivity index (χ1n) is 5.57. The Morgan fingerprint density at radius 3 is 2.56 bits per heavy atom. The SMILES string of the molecule is CC(=O)N1N=C(C)CC1c1ccc([N+](=O)[O-])cc1. The fraction of sp³-hybridized carbons (Fsp3) is 0.333. The Labute approximate surface area is 104 Å². The molecule has 0 radical (unpaired) electrons. The van der Waals surface area contributed by atoms with Gasteiger partial charge in [0, 0.05) is 31.2 Å². The highest BCUT2D eigenvalue weighted by Gasteiger charge is 2.29. The van der Waals surface area contributed by atoms with Crippen LogP contribution in [0.5, 0.6) is 0 Å². The van der Waals surface area contributed by atoms with E-state index in [1.807, 2.05) is 6.92 Å². The molecule has 18 heavy (non-hydrogen) atoms. The summed E-state index contributed by atoms with van der Waals surface area (Å²) in [4.78, 5) is 21.6. The van der Waals surface area contributed by atoms with Gasteiger partial charge < -0.3 is 0 Å². The molecule has 0 N–H and O–H groups in total. The first-order chi connectivity index (χ1) is 8.49. The lowest BCUT2D eigenvalue weighted by molar-refractivity contribution is -0.384. The molecule has 0 saturated carbocycles. The van der Waals surface area contributed by atoms with Gasteiger partial charge in [0.25, 0.3) is 5.69 Å². The number of benzene rings is 1. The molecule has 1 amide bonds. The topological polar surface area (TPSA) is 75.8 Å². The van der Waals surface area contributed by atoms with Crippen molar-refractivity contribution in [1.82, 2.24) is 5.01 Å². The van der Waals surface area contributed by atoms with E-state index >= 15 is 0 Å². The summed E-state index contributed by atoms with van der Waals surface area (Å²) in [5, 5.41) is 16.2. The number of hydrogen-bond acceptors (Lipinski definition) is 4. The molecule has 94 valence electrons. The Morgan fingerprint density at radius 1 is 1.44 bits per heavy atom. The lowest BCUT2D eigenvalue weighted by Gasteiger charge is -2.20. The van der Waals surface area contributed by atoms with E-state index in [4.69, 9.17) is 0 Å². The second-order valence-electron chi connectivity index (χ2n) is 4.27. The summed E-state index contributed by atoms with van der Waals surface area (Å²) in [7, 11) is 0. The predicted molar refractivity (Wildman–Crippen MR) is 66.1 cm³/mol. The summed E-state index contributed by atoms with van der Waals surface area (Å²) in [6.45, 7) is 3.32. The van der Waals surface area contributed by atoms with Gasteiger partial charge in [-0.1, -0.05) is 12.1 Å². The summed E-state index contributed by atoms with van der Waals surface area (Å²) in [5.74, 6) is -0.129. The number of non-ortho nitro benzene ring substituents is 1. The van der Waals surface area contributed by atoms with Gasteiger partial charge in [-0.05, 0) is 12.5 Å². The summed E-state index contributed by atoms with van der Waals surface area (Å²) in [6, 6.07) is 6.09. The van der Waals surface area contributed by atoms with Gasteiger partial charge in [0.15, 0.2) is 0 Å². The Hall–Kier alpha value is -2.24. The van der Waals surface area contributed by atoms with E-state index < -0.39 is 4.92 Å². The molecule has 0 aliphatic carbocycles. The molecule has 2 rings (SSSR count). The third-order valence-electron chi connectivity index (χ3n) is 2.87. The molecule has 0 spiro atoms. The molecule has 1 atom stereocenters. The van der Waals surface area contributed by atoms with Crippen LogP contribution in [0, 0.1) is 10.1 Å². The van der Waals surface area contributed by atoms with E-state index in [-0.39, 0.29) is 17.6 Å². The molecular weight excluding hydrogens is 234 g/mol. The number of hydrogen-bond donors (Lipinski definition) is 0. The Balaban J connectivity index is 2.26. The van der Waals surface area contributed by atoms with Crippen molar-refractivity contribution in [2.75, 3.05) is 0 Å². The zero-order chi connectivity index (χ0) is 13.3. The fourth-order valence-electron chi connectivity index (χ4n) is 2.03. The molecule has 0 saturated heterocycles. The van der Waals surface area contributed by atoms with Crippen molar-refractivity contribution in [2.24, 2.45) is 5.10 Å². The van der Waals surface area contributed by atoms with Crippen LogP contribution in [0.4, 0.5) is 5.69 Å². The van der Waals surface area contributed by atoms with Gasteiger partial charge in [0.1, 0.15) is 0 Å². The zero-order valence-electron chi connectivity index (χ0n) is 10.2. The minimum absolute atomic E-state index is 0.0452. The molecule has 0 bridgehead atoms. The third kappa shape index (κ3) is 2.22. The maximum atomic E-state index is 11.5. The van der Waals surface area contributed by atoms with Crippen LogP contribution in [0.15, 0.2) is 29.4 Å². The van der Waals surface area contributed by atoms with Gasteiger partial charge in [-0.2, -0.15) is 5.10 Å². The molecule has 6 heteroatoms. The number of carbonyl (C=O) groups is 1. The van der Waals surface area contributed by atoms with E-state index in [1.54, 1.807) is 12.1 Å². The number of carbonyl (C=O) groups excluding carboxylic acids is 1. The van der Waals surface area contributed by atoms with Crippen LogP contribution in [0.3, 0.4) is 0 Å². The highest BCUT2D eigenvalue weighted by Crippen LogP contribution is 2.31. The van der Waals surface area contributed by atoms with Crippen LogP contribution >= 0.6 is 0 Å². The van der Waals surface area contributed by atoms with Crippen molar-refractivity contribution in [1.29, 1.82) is 0 Å². The van der Waals surface area contributed by atoms with Gasteiger partial charge in [-0.3, -0.25) is 14.9 Å². The number of nitro benzene ring substituents is 1. The molecule has 6 nitrogen and oxygen atoms in total. The van der Waals surface area contributed by atoms with Gasteiger partial charge in [-0.25, -0.2) is 5.01 Å². The van der Waals surface area contributed by atoms with Crippen molar-refractivity contribution in [3.63, 3.8) is 0 Å². The average Bonchev–Trinajstić information content (AvgIpc) is 2.71. The highest BCUT2D eigenvalue weighted by atomic mass is 16.6. The van der Waals surface area contributed by atoms with Gasteiger partial charge >= 0.3 is 0 Å². The fourth-order valence-corrected chi connectivity index (χ4v) is 2.03. The Kier molecular flexibility index (Phi) is 3.10. The number of nitrogens with zero attached hydrogens (tertiary/aromatic N) is 3. The summed E-state index contributed by atoms with van der Waals surface area (Å²) < 4.78 is 0. The highest BCUT2D eigenvalue weighted by molar-refractivity contribution is 5.87. The molecule has 0 fully saturated rings. The van der Waals surface area contributed by atoms with Crippen molar-refractivity contribution in [3.05, 3.63) is 39.9 Å². The number of amides is 1. The average molecular weight is 247 g/mol. The molecule has 1 aliphatic rings. The first kappa shape index (κ1) is 12.2. The second-order valence-corrected chi connectivity index (χ2v) is 4.27. The zero-order valence-corrected chi connectivity index (χ0v) is 10.2. The van der Waals surface area contributed by atoms with E-state index in [0.717, 1.165) is 11.3 Å². The molecule has 1 aromatic carbocycles. The minimum Gasteiger partial charge on any atom is -0.273 e. The summed E-state index contributed by atoms with van der Waals surface area (Å²) >= 11 is 0. The van der Waals surface area contributed by atoms with E-state index in [0.29, 0.717) is 6.42 Å². The quantitative estimate of drug-likeness (QED) is 0.594. The van der Waals surface area contributed by atoms with Crippen LogP contribution in [0.25, 0.3) is 0 Å². The maximum absolute atomic E-state index is 11.5. The molecule has 1 heterocycles. The number of hydrazone groups is 1. The number of nitro groups is 1. The van der Waals surface area contributed by atoms with E-state index in [9.17, 15) is 14.9 Å². The van der Waals surface area contributed by atoms with Gasteiger partial charge in [0.05, 0.1) is 11.0 Å². The first-order valence-corrected chi connectivity index (χ1v) is 5.57. The second kappa shape index (κ2) is 4.56. The molecule has 1 unspecified atom stereocenters. The van der Waals surface area contributed by atoms with Gasteiger partial charge in [0.2, 0.25) is 5.91 Å². The van der Waals surface area contributed by atoms with Crippen LogP contribution in [-0.4, -0.2) is 21.6 Å².